The molecule has 0 saturated carbocycles. The van der Waals surface area contributed by atoms with E-state index in [-0.39, 0.29) is 11.5 Å². The molecule has 0 aliphatic heterocycles. The summed E-state index contributed by atoms with van der Waals surface area (Å²) in [7, 11) is 0. The molecule has 8 nitrogen and oxygen atoms in total. The Morgan fingerprint density at radius 3 is 2.71 bits per heavy atom. The first-order valence-corrected chi connectivity index (χ1v) is 10.0. The summed E-state index contributed by atoms with van der Waals surface area (Å²) < 4.78 is 8.52. The van der Waals surface area contributed by atoms with Gasteiger partial charge in [0, 0.05) is 25.1 Å². The van der Waals surface area contributed by atoms with Gasteiger partial charge in [-0.25, -0.2) is 4.68 Å². The fourth-order valence-corrected chi connectivity index (χ4v) is 3.50. The molecule has 0 fully saturated rings. The monoisotopic (exact) mass is 387 g/mol. The van der Waals surface area contributed by atoms with E-state index in [4.69, 9.17) is 4.42 Å². The van der Waals surface area contributed by atoms with E-state index in [0.29, 0.717) is 29.9 Å². The summed E-state index contributed by atoms with van der Waals surface area (Å²) in [5.41, 5.74) is 1.63. The molecule has 0 spiro atoms. The van der Waals surface area contributed by atoms with Crippen LogP contribution in [0.2, 0.25) is 0 Å². The van der Waals surface area contributed by atoms with Crippen molar-refractivity contribution in [1.82, 2.24) is 24.4 Å². The van der Waals surface area contributed by atoms with Crippen molar-refractivity contribution in [3.8, 4) is 0 Å². The predicted octanol–water partition coefficient (Wildman–Crippen LogP) is 2.21. The molecule has 1 amide bonds. The third-order valence-electron chi connectivity index (χ3n) is 5.24. The van der Waals surface area contributed by atoms with Gasteiger partial charge in [-0.15, -0.1) is 0 Å². The van der Waals surface area contributed by atoms with E-state index in [2.05, 4.69) is 29.2 Å². The molecule has 1 N–H and O–H groups in total. The van der Waals surface area contributed by atoms with Crippen LogP contribution in [-0.2, 0) is 11.2 Å². The normalized spacial score (nSPS) is 12.9. The lowest BCUT2D eigenvalue weighted by atomic mass is 10.3. The lowest BCUT2D eigenvalue weighted by molar-refractivity contribution is -0.124. The van der Waals surface area contributed by atoms with Gasteiger partial charge in [0.1, 0.15) is 17.4 Å². The molecule has 0 aliphatic rings. The number of amides is 1. The summed E-state index contributed by atoms with van der Waals surface area (Å²) in [5, 5.41) is 7.41. The van der Waals surface area contributed by atoms with Gasteiger partial charge in [-0.3, -0.25) is 14.0 Å². The Morgan fingerprint density at radius 1 is 1.29 bits per heavy atom. The minimum atomic E-state index is -0.683. The fourth-order valence-electron chi connectivity index (χ4n) is 3.50. The Labute approximate surface area is 164 Å². The molecule has 0 aromatic carbocycles. The zero-order valence-corrected chi connectivity index (χ0v) is 17.1. The Hall–Kier alpha value is -2.61. The minimum absolute atomic E-state index is 0.198. The highest BCUT2D eigenvalue weighted by atomic mass is 16.3. The third kappa shape index (κ3) is 3.69. The molecule has 0 saturated heterocycles. The van der Waals surface area contributed by atoms with Gasteiger partial charge in [-0.05, 0) is 33.0 Å². The molecule has 3 aromatic heterocycles. The van der Waals surface area contributed by atoms with Gasteiger partial charge in [0.2, 0.25) is 5.91 Å². The zero-order valence-electron chi connectivity index (χ0n) is 17.1. The number of fused-ring (bicyclic) bond motifs is 3. The maximum Gasteiger partial charge on any atom is 0.291 e. The van der Waals surface area contributed by atoms with Crippen molar-refractivity contribution in [3.63, 3.8) is 0 Å². The molecule has 152 valence electrons. The Balaban J connectivity index is 1.79. The predicted molar refractivity (Wildman–Crippen MR) is 109 cm³/mol. The highest BCUT2D eigenvalue weighted by Gasteiger charge is 2.21. The second-order valence-electron chi connectivity index (χ2n) is 6.90. The molecule has 0 radical (unpaired) electrons. The van der Waals surface area contributed by atoms with Crippen molar-refractivity contribution in [1.29, 1.82) is 0 Å². The lowest BCUT2D eigenvalue weighted by Gasteiger charge is -2.19. The zero-order chi connectivity index (χ0) is 20.3. The Morgan fingerprint density at radius 2 is 2.04 bits per heavy atom. The molecule has 0 bridgehead atoms. The van der Waals surface area contributed by atoms with Crippen LogP contribution in [0.15, 0.2) is 27.6 Å². The van der Waals surface area contributed by atoms with Crippen LogP contribution in [0.3, 0.4) is 0 Å². The van der Waals surface area contributed by atoms with E-state index in [9.17, 15) is 9.59 Å². The van der Waals surface area contributed by atoms with Gasteiger partial charge in [-0.2, -0.15) is 5.10 Å². The molecule has 0 unspecified atom stereocenters. The maximum absolute atomic E-state index is 13.0. The third-order valence-corrected chi connectivity index (χ3v) is 5.24. The summed E-state index contributed by atoms with van der Waals surface area (Å²) in [5.74, 6) is 0.517. The van der Waals surface area contributed by atoms with Crippen LogP contribution in [0.5, 0.6) is 0 Å². The first kappa shape index (κ1) is 20.1. The number of nitrogens with zero attached hydrogens (tertiary/aromatic N) is 4. The Bertz CT molecular complexity index is 1010. The van der Waals surface area contributed by atoms with Crippen LogP contribution < -0.4 is 10.9 Å². The van der Waals surface area contributed by atoms with Crippen molar-refractivity contribution in [2.45, 2.75) is 46.6 Å². The van der Waals surface area contributed by atoms with E-state index in [1.807, 2.05) is 17.4 Å². The maximum atomic E-state index is 13.0. The van der Waals surface area contributed by atoms with Crippen LogP contribution in [0, 0.1) is 0 Å². The first-order chi connectivity index (χ1) is 13.5. The molecule has 8 heteroatoms. The van der Waals surface area contributed by atoms with Gasteiger partial charge < -0.3 is 14.6 Å². The molecule has 3 heterocycles. The number of hydrogen-bond donors (Lipinski definition) is 1. The number of aryl methyl sites for hydroxylation is 1. The molecular weight excluding hydrogens is 358 g/mol. The van der Waals surface area contributed by atoms with Gasteiger partial charge in [-0.1, -0.05) is 20.8 Å². The number of rotatable bonds is 9. The van der Waals surface area contributed by atoms with E-state index >= 15 is 0 Å². The quantitative estimate of drug-likeness (QED) is 0.569. The number of carbonyl (C=O) groups is 1. The van der Waals surface area contributed by atoms with Gasteiger partial charge in [0.15, 0.2) is 5.58 Å². The van der Waals surface area contributed by atoms with Crippen molar-refractivity contribution >= 4 is 22.5 Å². The van der Waals surface area contributed by atoms with E-state index in [1.54, 1.807) is 19.3 Å². The highest BCUT2D eigenvalue weighted by molar-refractivity contribution is 5.83. The molecule has 3 rings (SSSR count). The average molecular weight is 387 g/mol. The topological polar surface area (TPSA) is 84.8 Å². The van der Waals surface area contributed by atoms with Gasteiger partial charge >= 0.3 is 0 Å². The number of furan rings is 1. The number of carbonyl (C=O) groups excluding carboxylic acids is 1. The summed E-state index contributed by atoms with van der Waals surface area (Å²) in [4.78, 5) is 27.9. The summed E-state index contributed by atoms with van der Waals surface area (Å²) in [6.07, 6.45) is 3.09. The van der Waals surface area contributed by atoms with Crippen molar-refractivity contribution in [2.24, 2.45) is 0 Å². The number of nitrogens with one attached hydrogen (secondary N) is 1. The second kappa shape index (κ2) is 8.60. The fraction of sp³-hybridized carbons (Fsp3) is 0.550. The summed E-state index contributed by atoms with van der Waals surface area (Å²) in [6, 6.07) is 2.85. The van der Waals surface area contributed by atoms with Crippen LogP contribution in [0.25, 0.3) is 16.6 Å². The second-order valence-corrected chi connectivity index (χ2v) is 6.90. The number of hydrogen-bond acceptors (Lipinski definition) is 5. The van der Waals surface area contributed by atoms with Crippen LogP contribution in [0.4, 0.5) is 0 Å². The molecule has 0 aliphatic carbocycles. The van der Waals surface area contributed by atoms with E-state index in [1.165, 1.54) is 4.68 Å². The van der Waals surface area contributed by atoms with Crippen molar-refractivity contribution in [3.05, 3.63) is 34.6 Å². The molecule has 3 aromatic rings. The summed E-state index contributed by atoms with van der Waals surface area (Å²) >= 11 is 0. The Kier molecular flexibility index (Phi) is 6.18. The molecular formula is C20H29N5O3. The van der Waals surface area contributed by atoms with E-state index in [0.717, 1.165) is 31.6 Å². The van der Waals surface area contributed by atoms with Gasteiger partial charge in [0.05, 0.1) is 11.8 Å². The van der Waals surface area contributed by atoms with E-state index < -0.39 is 6.04 Å². The first-order valence-electron chi connectivity index (χ1n) is 10.0. The smallest absolute Gasteiger partial charge is 0.291 e. The van der Waals surface area contributed by atoms with Crippen molar-refractivity contribution in [2.75, 3.05) is 26.2 Å². The SMILES string of the molecule is CCc1nn([C@@H](C)C(=O)NCCCN(CC)CC)c(=O)c2cc3occc3n12. The van der Waals surface area contributed by atoms with Gasteiger partial charge in [0.25, 0.3) is 5.56 Å². The highest BCUT2D eigenvalue weighted by Crippen LogP contribution is 2.21. The standard InChI is InChI=1S/C20H29N5O3/c1-5-18-22-25(14(4)19(26)21-10-8-11-23(6-2)7-3)20(27)16-13-17-15(24(16)18)9-12-28-17/h9,12-14H,5-8,10-11H2,1-4H3,(H,21,26)/t14-/m0/s1. The molecule has 28 heavy (non-hydrogen) atoms. The van der Waals surface area contributed by atoms with Crippen LogP contribution >= 0.6 is 0 Å². The molecule has 1 atom stereocenters. The largest absolute Gasteiger partial charge is 0.463 e. The summed E-state index contributed by atoms with van der Waals surface area (Å²) in [6.45, 7) is 11.5. The number of aromatic nitrogens is 3. The average Bonchev–Trinajstić information content (AvgIpc) is 3.30. The minimum Gasteiger partial charge on any atom is -0.463 e. The lowest BCUT2D eigenvalue weighted by Crippen LogP contribution is -2.39. The van der Waals surface area contributed by atoms with Crippen LogP contribution in [-0.4, -0.2) is 51.2 Å². The van der Waals surface area contributed by atoms with Crippen molar-refractivity contribution < 1.29 is 9.21 Å². The van der Waals surface area contributed by atoms with Crippen LogP contribution in [0.1, 0.15) is 46.0 Å².